The van der Waals surface area contributed by atoms with Crippen molar-refractivity contribution >= 4 is 17.1 Å². The molecule has 0 saturated heterocycles. The predicted molar refractivity (Wildman–Crippen MR) is 132 cm³/mol. The monoisotopic (exact) mass is 441 g/mol. The van der Waals surface area contributed by atoms with Crippen LogP contribution in [0.4, 0.5) is 17.1 Å². The minimum Gasteiger partial charge on any atom is -0.508 e. The molecule has 5 nitrogen and oxygen atoms in total. The van der Waals surface area contributed by atoms with E-state index in [0.717, 1.165) is 33.8 Å². The van der Waals surface area contributed by atoms with Crippen LogP contribution in [-0.2, 0) is 0 Å². The summed E-state index contributed by atoms with van der Waals surface area (Å²) in [5, 5.41) is 30.6. The average Bonchev–Trinajstić information content (AvgIpc) is 2.77. The highest BCUT2D eigenvalue weighted by Crippen LogP contribution is 2.42. The van der Waals surface area contributed by atoms with Crippen molar-refractivity contribution < 1.29 is 20.1 Å². The number of anilines is 3. The largest absolute Gasteiger partial charge is 0.508 e. The molecule has 0 saturated carbocycles. The Labute approximate surface area is 193 Å². The molecule has 0 radical (unpaired) electrons. The molecule has 33 heavy (non-hydrogen) atoms. The standard InChI is InChI=1S/C28H27NO4/c1-17-12-27(32)20(4)28(13-17)33-24-7-5-6-21(14-24)29(25-15-22(30)10-8-18(25)2)26-16-23(31)11-9-19(26)3/h5-16,30-32H,1-4H3. The maximum Gasteiger partial charge on any atom is 0.134 e. The number of aryl methyl sites for hydroxylation is 3. The third-order valence-corrected chi connectivity index (χ3v) is 5.65. The van der Waals surface area contributed by atoms with E-state index in [1.807, 2.05) is 75.1 Å². The van der Waals surface area contributed by atoms with E-state index >= 15 is 0 Å². The molecular formula is C28H27NO4. The zero-order valence-electron chi connectivity index (χ0n) is 19.1. The lowest BCUT2D eigenvalue weighted by Gasteiger charge is -2.29. The Balaban J connectivity index is 1.85. The van der Waals surface area contributed by atoms with Gasteiger partial charge in [0.15, 0.2) is 0 Å². The molecule has 0 amide bonds. The van der Waals surface area contributed by atoms with Gasteiger partial charge >= 0.3 is 0 Å². The molecule has 0 heterocycles. The topological polar surface area (TPSA) is 73.2 Å². The average molecular weight is 442 g/mol. The summed E-state index contributed by atoms with van der Waals surface area (Å²) in [5.41, 5.74) is 5.84. The van der Waals surface area contributed by atoms with Crippen molar-refractivity contribution in [3.8, 4) is 28.7 Å². The molecule has 4 aromatic carbocycles. The van der Waals surface area contributed by atoms with Gasteiger partial charge in [-0.15, -0.1) is 0 Å². The molecule has 0 aliphatic carbocycles. The van der Waals surface area contributed by atoms with Crippen LogP contribution < -0.4 is 9.64 Å². The minimum absolute atomic E-state index is 0.150. The second-order valence-corrected chi connectivity index (χ2v) is 8.28. The molecule has 5 heteroatoms. The second-order valence-electron chi connectivity index (χ2n) is 8.28. The highest BCUT2D eigenvalue weighted by Gasteiger charge is 2.19. The summed E-state index contributed by atoms with van der Waals surface area (Å²) in [4.78, 5) is 1.98. The SMILES string of the molecule is Cc1cc(O)c(C)c(Oc2cccc(N(c3cc(O)ccc3C)c3cc(O)ccc3C)c2)c1. The van der Waals surface area contributed by atoms with Gasteiger partial charge in [-0.25, -0.2) is 0 Å². The van der Waals surface area contributed by atoms with E-state index in [4.69, 9.17) is 4.74 Å². The van der Waals surface area contributed by atoms with E-state index in [1.54, 1.807) is 30.3 Å². The first-order chi connectivity index (χ1) is 15.7. The Morgan fingerprint density at radius 1 is 0.667 bits per heavy atom. The first kappa shape index (κ1) is 22.1. The van der Waals surface area contributed by atoms with Crippen LogP contribution in [0.15, 0.2) is 72.8 Å². The Kier molecular flexibility index (Phi) is 5.88. The Hall–Kier alpha value is -4.12. The van der Waals surface area contributed by atoms with E-state index in [0.29, 0.717) is 17.1 Å². The van der Waals surface area contributed by atoms with Crippen LogP contribution in [0.2, 0.25) is 0 Å². The number of phenolic OH excluding ortho intramolecular Hbond substituents is 3. The fourth-order valence-electron chi connectivity index (χ4n) is 3.81. The molecule has 0 spiro atoms. The van der Waals surface area contributed by atoms with Crippen molar-refractivity contribution in [3.05, 3.63) is 95.1 Å². The van der Waals surface area contributed by atoms with Crippen molar-refractivity contribution in [2.24, 2.45) is 0 Å². The van der Waals surface area contributed by atoms with Crippen molar-refractivity contribution in [1.82, 2.24) is 0 Å². The number of ether oxygens (including phenoxy) is 1. The number of phenols is 3. The van der Waals surface area contributed by atoms with Crippen LogP contribution in [0, 0.1) is 27.7 Å². The number of nitrogens with zero attached hydrogens (tertiary/aromatic N) is 1. The Morgan fingerprint density at radius 3 is 1.88 bits per heavy atom. The lowest BCUT2D eigenvalue weighted by atomic mass is 10.1. The first-order valence-corrected chi connectivity index (χ1v) is 10.7. The van der Waals surface area contributed by atoms with Crippen molar-refractivity contribution in [2.75, 3.05) is 4.90 Å². The number of benzene rings is 4. The van der Waals surface area contributed by atoms with Crippen LogP contribution >= 0.6 is 0 Å². The number of aromatic hydroxyl groups is 3. The lowest BCUT2D eigenvalue weighted by molar-refractivity contribution is 0.447. The van der Waals surface area contributed by atoms with Gasteiger partial charge in [0.2, 0.25) is 0 Å². The van der Waals surface area contributed by atoms with Crippen molar-refractivity contribution in [3.63, 3.8) is 0 Å². The van der Waals surface area contributed by atoms with Crippen molar-refractivity contribution in [1.29, 1.82) is 0 Å². The molecule has 0 atom stereocenters. The van der Waals surface area contributed by atoms with Crippen LogP contribution in [0.25, 0.3) is 0 Å². The summed E-state index contributed by atoms with van der Waals surface area (Å²) in [6, 6.07) is 21.6. The van der Waals surface area contributed by atoms with E-state index in [9.17, 15) is 15.3 Å². The minimum atomic E-state index is 0.150. The summed E-state index contributed by atoms with van der Waals surface area (Å²) in [5.74, 6) is 1.67. The van der Waals surface area contributed by atoms with Gasteiger partial charge in [0.1, 0.15) is 28.7 Å². The molecule has 4 aromatic rings. The van der Waals surface area contributed by atoms with E-state index in [-0.39, 0.29) is 17.2 Å². The third-order valence-electron chi connectivity index (χ3n) is 5.65. The molecular weight excluding hydrogens is 414 g/mol. The molecule has 168 valence electrons. The zero-order valence-corrected chi connectivity index (χ0v) is 19.1. The summed E-state index contributed by atoms with van der Waals surface area (Å²) in [7, 11) is 0. The van der Waals surface area contributed by atoms with Gasteiger partial charge in [0, 0.05) is 29.4 Å². The summed E-state index contributed by atoms with van der Waals surface area (Å²) < 4.78 is 6.16. The zero-order chi connectivity index (χ0) is 23.7. The Morgan fingerprint density at radius 2 is 1.27 bits per heavy atom. The van der Waals surface area contributed by atoms with E-state index in [2.05, 4.69) is 0 Å². The summed E-state index contributed by atoms with van der Waals surface area (Å²) in [6.07, 6.45) is 0. The first-order valence-electron chi connectivity index (χ1n) is 10.7. The smallest absolute Gasteiger partial charge is 0.134 e. The molecule has 0 aliphatic heterocycles. The molecule has 4 rings (SSSR count). The highest BCUT2D eigenvalue weighted by atomic mass is 16.5. The van der Waals surface area contributed by atoms with Crippen LogP contribution in [0.5, 0.6) is 28.7 Å². The number of rotatable bonds is 5. The van der Waals surface area contributed by atoms with Gasteiger partial charge in [-0.3, -0.25) is 0 Å². The van der Waals surface area contributed by atoms with Crippen LogP contribution in [0.3, 0.4) is 0 Å². The van der Waals surface area contributed by atoms with Gasteiger partial charge in [-0.1, -0.05) is 18.2 Å². The van der Waals surface area contributed by atoms with Gasteiger partial charge in [0.05, 0.1) is 11.4 Å². The highest BCUT2D eigenvalue weighted by molar-refractivity contribution is 5.81. The maximum atomic E-state index is 10.2. The molecule has 0 aliphatic rings. The summed E-state index contributed by atoms with van der Waals surface area (Å²) >= 11 is 0. The predicted octanol–water partition coefficient (Wildman–Crippen LogP) is 7.30. The maximum absolute atomic E-state index is 10.2. The van der Waals surface area contributed by atoms with Gasteiger partial charge in [-0.05, 0) is 80.8 Å². The molecule has 0 unspecified atom stereocenters. The molecule has 0 aromatic heterocycles. The fourth-order valence-corrected chi connectivity index (χ4v) is 3.81. The Bertz CT molecular complexity index is 1280. The molecule has 3 N–H and O–H groups in total. The van der Waals surface area contributed by atoms with E-state index < -0.39 is 0 Å². The summed E-state index contributed by atoms with van der Waals surface area (Å²) in [6.45, 7) is 7.66. The fraction of sp³-hybridized carbons (Fsp3) is 0.143. The normalized spacial score (nSPS) is 10.8. The van der Waals surface area contributed by atoms with Crippen LogP contribution in [0.1, 0.15) is 22.3 Å². The van der Waals surface area contributed by atoms with Crippen LogP contribution in [-0.4, -0.2) is 15.3 Å². The van der Waals surface area contributed by atoms with Gasteiger partial charge in [0.25, 0.3) is 0 Å². The number of hydrogen-bond acceptors (Lipinski definition) is 5. The third kappa shape index (κ3) is 4.58. The van der Waals surface area contributed by atoms with Gasteiger partial charge < -0.3 is 25.0 Å². The van der Waals surface area contributed by atoms with Gasteiger partial charge in [-0.2, -0.15) is 0 Å². The quantitative estimate of drug-likeness (QED) is 0.303. The molecule has 0 fully saturated rings. The second kappa shape index (κ2) is 8.79. The van der Waals surface area contributed by atoms with Crippen molar-refractivity contribution in [2.45, 2.75) is 27.7 Å². The lowest BCUT2D eigenvalue weighted by Crippen LogP contribution is -2.12. The molecule has 0 bridgehead atoms. The van der Waals surface area contributed by atoms with E-state index in [1.165, 1.54) is 0 Å². The number of hydrogen-bond donors (Lipinski definition) is 3.